The number of benzene rings is 1. The third-order valence-corrected chi connectivity index (χ3v) is 4.07. The van der Waals surface area contributed by atoms with Crippen molar-refractivity contribution < 1.29 is 4.52 Å². The van der Waals surface area contributed by atoms with Crippen LogP contribution in [0.5, 0.6) is 0 Å². The molecule has 0 amide bonds. The van der Waals surface area contributed by atoms with E-state index in [2.05, 4.69) is 32.6 Å². The summed E-state index contributed by atoms with van der Waals surface area (Å²) in [5, 5.41) is 17.8. The van der Waals surface area contributed by atoms with Crippen molar-refractivity contribution in [2.75, 3.05) is 5.75 Å². The van der Waals surface area contributed by atoms with Gasteiger partial charge in [-0.3, -0.25) is 0 Å². The standard InChI is InChI=1S/C14H11N5OS/c1-9-7-11(18-20-9)13-15-16-14-19(13)17-12(8-21-14)10-5-3-2-4-6-10/h2-7H,8H2,1H3. The minimum atomic E-state index is 0.600. The molecule has 0 radical (unpaired) electrons. The summed E-state index contributed by atoms with van der Waals surface area (Å²) in [7, 11) is 0. The van der Waals surface area contributed by atoms with Gasteiger partial charge in [-0.1, -0.05) is 47.3 Å². The molecule has 104 valence electrons. The van der Waals surface area contributed by atoms with Crippen LogP contribution in [0.1, 0.15) is 11.3 Å². The second-order valence-electron chi connectivity index (χ2n) is 4.64. The third kappa shape index (κ3) is 2.15. The molecule has 2 aromatic heterocycles. The van der Waals surface area contributed by atoms with E-state index in [-0.39, 0.29) is 0 Å². The van der Waals surface area contributed by atoms with Crippen LogP contribution in [0, 0.1) is 6.92 Å². The molecule has 3 aromatic rings. The summed E-state index contributed by atoms with van der Waals surface area (Å²) in [6.07, 6.45) is 0. The van der Waals surface area contributed by atoms with Crippen LogP contribution in [0.3, 0.4) is 0 Å². The third-order valence-electron chi connectivity index (χ3n) is 3.13. The van der Waals surface area contributed by atoms with Gasteiger partial charge in [0.05, 0.1) is 5.71 Å². The Kier molecular flexibility index (Phi) is 2.85. The average molecular weight is 297 g/mol. The van der Waals surface area contributed by atoms with Gasteiger partial charge in [0, 0.05) is 11.8 Å². The molecule has 6 nitrogen and oxygen atoms in total. The number of nitrogens with zero attached hydrogens (tertiary/aromatic N) is 5. The lowest BCUT2D eigenvalue weighted by Crippen LogP contribution is -2.13. The monoisotopic (exact) mass is 297 g/mol. The topological polar surface area (TPSA) is 69.1 Å². The maximum atomic E-state index is 5.10. The Morgan fingerprint density at radius 1 is 1.19 bits per heavy atom. The van der Waals surface area contributed by atoms with Crippen molar-refractivity contribution in [2.24, 2.45) is 5.10 Å². The number of rotatable bonds is 2. The molecule has 0 saturated carbocycles. The summed E-state index contributed by atoms with van der Waals surface area (Å²) >= 11 is 1.61. The summed E-state index contributed by atoms with van der Waals surface area (Å²) in [4.78, 5) is 0. The van der Waals surface area contributed by atoms with Crippen molar-refractivity contribution in [3.63, 3.8) is 0 Å². The molecule has 0 fully saturated rings. The van der Waals surface area contributed by atoms with Crippen molar-refractivity contribution in [2.45, 2.75) is 12.1 Å². The molecule has 0 unspecified atom stereocenters. The number of hydrogen-bond donors (Lipinski definition) is 0. The van der Waals surface area contributed by atoms with E-state index in [0.717, 1.165) is 27.9 Å². The Balaban J connectivity index is 1.81. The molecule has 3 heterocycles. The van der Waals surface area contributed by atoms with Crippen LogP contribution in [-0.2, 0) is 0 Å². The number of hydrogen-bond acceptors (Lipinski definition) is 6. The van der Waals surface area contributed by atoms with Crippen molar-refractivity contribution in [1.29, 1.82) is 0 Å². The first-order chi connectivity index (χ1) is 10.3. The van der Waals surface area contributed by atoms with Crippen molar-refractivity contribution in [1.82, 2.24) is 20.0 Å². The molecule has 7 heteroatoms. The molecule has 0 saturated heterocycles. The van der Waals surface area contributed by atoms with Crippen molar-refractivity contribution in [3.05, 3.63) is 47.7 Å². The summed E-state index contributed by atoms with van der Waals surface area (Å²) < 4.78 is 6.83. The molecule has 0 bridgehead atoms. The largest absolute Gasteiger partial charge is 0.361 e. The first-order valence-electron chi connectivity index (χ1n) is 6.46. The fourth-order valence-electron chi connectivity index (χ4n) is 2.13. The van der Waals surface area contributed by atoms with Gasteiger partial charge in [0.15, 0.2) is 5.69 Å². The van der Waals surface area contributed by atoms with Crippen LogP contribution in [-0.4, -0.2) is 31.5 Å². The summed E-state index contributed by atoms with van der Waals surface area (Å²) in [6.45, 7) is 1.84. The molecule has 0 N–H and O–H groups in total. The van der Waals surface area contributed by atoms with Crippen LogP contribution in [0.4, 0.5) is 0 Å². The normalized spacial score (nSPS) is 13.9. The Morgan fingerprint density at radius 2 is 2.05 bits per heavy atom. The Bertz CT molecular complexity index is 821. The van der Waals surface area contributed by atoms with Crippen LogP contribution >= 0.6 is 11.8 Å². The van der Waals surface area contributed by atoms with E-state index >= 15 is 0 Å². The van der Waals surface area contributed by atoms with Crippen LogP contribution in [0.25, 0.3) is 11.5 Å². The smallest absolute Gasteiger partial charge is 0.212 e. The molecule has 1 aliphatic rings. The van der Waals surface area contributed by atoms with Gasteiger partial charge in [-0.15, -0.1) is 10.2 Å². The predicted octanol–water partition coefficient (Wildman–Crippen LogP) is 2.60. The van der Waals surface area contributed by atoms with Gasteiger partial charge in [0.2, 0.25) is 11.0 Å². The maximum absolute atomic E-state index is 5.10. The van der Waals surface area contributed by atoms with Crippen LogP contribution < -0.4 is 0 Å². The number of fused-ring (bicyclic) bond motifs is 1. The Labute approximate surface area is 124 Å². The van der Waals surface area contributed by atoms with Gasteiger partial charge in [-0.25, -0.2) is 0 Å². The number of aryl methyl sites for hydroxylation is 1. The van der Waals surface area contributed by atoms with E-state index < -0.39 is 0 Å². The van der Waals surface area contributed by atoms with E-state index in [1.165, 1.54) is 0 Å². The van der Waals surface area contributed by atoms with E-state index in [1.54, 1.807) is 16.4 Å². The molecule has 1 aromatic carbocycles. The quantitative estimate of drug-likeness (QED) is 0.727. The van der Waals surface area contributed by atoms with E-state index in [4.69, 9.17) is 4.52 Å². The first kappa shape index (κ1) is 12.3. The molecule has 0 aliphatic carbocycles. The fourth-order valence-corrected chi connectivity index (χ4v) is 2.97. The second-order valence-corrected chi connectivity index (χ2v) is 5.58. The van der Waals surface area contributed by atoms with Gasteiger partial charge in [-0.2, -0.15) is 9.78 Å². The molecular weight excluding hydrogens is 286 g/mol. The highest BCUT2D eigenvalue weighted by atomic mass is 32.2. The van der Waals surface area contributed by atoms with Crippen molar-refractivity contribution in [3.8, 4) is 11.5 Å². The minimum absolute atomic E-state index is 0.600. The Hall–Kier alpha value is -2.41. The average Bonchev–Trinajstić information content (AvgIpc) is 3.13. The van der Waals surface area contributed by atoms with Gasteiger partial charge in [0.25, 0.3) is 0 Å². The lowest BCUT2D eigenvalue weighted by molar-refractivity contribution is 0.399. The first-order valence-corrected chi connectivity index (χ1v) is 7.45. The predicted molar refractivity (Wildman–Crippen MR) is 79.4 cm³/mol. The summed E-state index contributed by atoms with van der Waals surface area (Å²) in [6, 6.07) is 11.9. The summed E-state index contributed by atoms with van der Waals surface area (Å²) in [5.74, 6) is 2.11. The number of thioether (sulfide) groups is 1. The van der Waals surface area contributed by atoms with E-state index in [9.17, 15) is 0 Å². The molecule has 4 rings (SSSR count). The van der Waals surface area contributed by atoms with Gasteiger partial charge >= 0.3 is 0 Å². The van der Waals surface area contributed by atoms with Crippen LogP contribution in [0.2, 0.25) is 0 Å². The van der Waals surface area contributed by atoms with Gasteiger partial charge in [-0.05, 0) is 12.5 Å². The molecule has 0 spiro atoms. The zero-order chi connectivity index (χ0) is 14.2. The number of aromatic nitrogens is 4. The summed E-state index contributed by atoms with van der Waals surface area (Å²) in [5.41, 5.74) is 2.74. The maximum Gasteiger partial charge on any atom is 0.212 e. The Morgan fingerprint density at radius 3 is 2.81 bits per heavy atom. The molecular formula is C14H11N5OS. The van der Waals surface area contributed by atoms with E-state index in [1.807, 2.05) is 31.2 Å². The zero-order valence-corrected chi connectivity index (χ0v) is 12.0. The van der Waals surface area contributed by atoms with E-state index in [0.29, 0.717) is 11.5 Å². The minimum Gasteiger partial charge on any atom is -0.361 e. The van der Waals surface area contributed by atoms with Gasteiger partial charge < -0.3 is 4.52 Å². The van der Waals surface area contributed by atoms with Gasteiger partial charge in [0.1, 0.15) is 5.76 Å². The highest BCUT2D eigenvalue weighted by Gasteiger charge is 2.22. The molecule has 0 atom stereocenters. The highest BCUT2D eigenvalue weighted by molar-refractivity contribution is 7.99. The van der Waals surface area contributed by atoms with Crippen LogP contribution in [0.15, 0.2) is 51.2 Å². The SMILES string of the molecule is Cc1cc(-c2nnc3n2N=C(c2ccccc2)CS3)no1. The molecule has 21 heavy (non-hydrogen) atoms. The molecule has 1 aliphatic heterocycles. The van der Waals surface area contributed by atoms with Crippen molar-refractivity contribution >= 4 is 17.5 Å². The fraction of sp³-hybridized carbons (Fsp3) is 0.143. The lowest BCUT2D eigenvalue weighted by Gasteiger charge is -2.13. The lowest BCUT2D eigenvalue weighted by atomic mass is 10.1. The zero-order valence-electron chi connectivity index (χ0n) is 11.2. The highest BCUT2D eigenvalue weighted by Crippen LogP contribution is 2.28. The second kappa shape index (κ2) is 4.85.